The number of nitrogens with one attached hydrogen (secondary N) is 2. The van der Waals surface area contributed by atoms with E-state index in [0.717, 1.165) is 16.5 Å². The van der Waals surface area contributed by atoms with Gasteiger partial charge in [0.2, 0.25) is 11.8 Å². The Morgan fingerprint density at radius 2 is 2.17 bits per heavy atom. The molecule has 2 aromatic rings. The summed E-state index contributed by atoms with van der Waals surface area (Å²) in [6, 6.07) is 6.77. The predicted molar refractivity (Wildman–Crippen MR) is 112 cm³/mol. The molecule has 0 aliphatic carbocycles. The van der Waals surface area contributed by atoms with Gasteiger partial charge < -0.3 is 15.0 Å². The first-order chi connectivity index (χ1) is 14.0. The minimum atomic E-state index is -1.18. The van der Waals surface area contributed by atoms with Gasteiger partial charge in [-0.05, 0) is 23.8 Å². The predicted octanol–water partition coefficient (Wildman–Crippen LogP) is 1.37. The molecule has 0 spiro atoms. The Labute approximate surface area is 172 Å². The Hall–Kier alpha value is -3.33. The van der Waals surface area contributed by atoms with Crippen LogP contribution in [-0.4, -0.2) is 58.7 Å². The monoisotopic (exact) mass is 412 g/mol. The standard InChI is InChI=1S/C20H20N4O4S/c1-3-8-24-18(26)14(17(25)23-20(24)29)11-22-16(19(27)28-2)9-12-10-21-15-7-5-4-6-13(12)15/h3-7,10-11,14,16,21H,1,8-9H2,2H3,(H,23,25,29)/t14?,16-/m1/s1. The number of esters is 1. The summed E-state index contributed by atoms with van der Waals surface area (Å²) in [6.45, 7) is 3.74. The minimum Gasteiger partial charge on any atom is -0.467 e. The molecule has 8 nitrogen and oxygen atoms in total. The smallest absolute Gasteiger partial charge is 0.330 e. The Bertz CT molecular complexity index is 1010. The number of aromatic nitrogens is 1. The molecule has 3 rings (SSSR count). The Morgan fingerprint density at radius 1 is 1.41 bits per heavy atom. The van der Waals surface area contributed by atoms with E-state index in [0.29, 0.717) is 0 Å². The average molecular weight is 412 g/mol. The first-order valence-corrected chi connectivity index (χ1v) is 9.30. The van der Waals surface area contributed by atoms with Crippen LogP contribution < -0.4 is 5.32 Å². The lowest BCUT2D eigenvalue weighted by Crippen LogP contribution is -2.58. The zero-order chi connectivity index (χ0) is 21.0. The van der Waals surface area contributed by atoms with Gasteiger partial charge in [-0.1, -0.05) is 24.3 Å². The average Bonchev–Trinajstić information content (AvgIpc) is 3.12. The van der Waals surface area contributed by atoms with Crippen molar-refractivity contribution >= 4 is 52.2 Å². The number of ether oxygens (including phenoxy) is 1. The molecule has 1 saturated heterocycles. The summed E-state index contributed by atoms with van der Waals surface area (Å²) >= 11 is 5.02. The van der Waals surface area contributed by atoms with Crippen LogP contribution in [0.1, 0.15) is 5.56 Å². The second-order valence-corrected chi connectivity index (χ2v) is 6.80. The number of hydrogen-bond donors (Lipinski definition) is 2. The molecule has 0 radical (unpaired) electrons. The number of thiocarbonyl (C=S) groups is 1. The van der Waals surface area contributed by atoms with Gasteiger partial charge in [-0.2, -0.15) is 0 Å². The van der Waals surface area contributed by atoms with Crippen molar-refractivity contribution in [3.8, 4) is 0 Å². The SMILES string of the molecule is C=CCN1C(=O)C(C=N[C@H](Cc2c[nH]c3ccccc23)C(=O)OC)C(=O)NC1=S. The van der Waals surface area contributed by atoms with Crippen molar-refractivity contribution in [2.24, 2.45) is 10.9 Å². The van der Waals surface area contributed by atoms with E-state index < -0.39 is 29.7 Å². The van der Waals surface area contributed by atoms with Gasteiger partial charge in [0.05, 0.1) is 7.11 Å². The summed E-state index contributed by atoms with van der Waals surface area (Å²) < 4.78 is 4.85. The van der Waals surface area contributed by atoms with E-state index in [9.17, 15) is 14.4 Å². The molecular formula is C20H20N4O4S. The Morgan fingerprint density at radius 3 is 2.90 bits per heavy atom. The number of methoxy groups -OCH3 is 1. The van der Waals surface area contributed by atoms with Gasteiger partial charge in [0, 0.05) is 36.3 Å². The normalized spacial score (nSPS) is 18.2. The number of aliphatic imine (C=N–C) groups is 1. The van der Waals surface area contributed by atoms with E-state index in [-0.39, 0.29) is 18.1 Å². The van der Waals surface area contributed by atoms with Gasteiger partial charge in [0.15, 0.2) is 17.1 Å². The highest BCUT2D eigenvalue weighted by molar-refractivity contribution is 7.80. The first-order valence-electron chi connectivity index (χ1n) is 8.89. The Balaban J connectivity index is 1.84. The third kappa shape index (κ3) is 4.24. The van der Waals surface area contributed by atoms with Crippen LogP contribution in [-0.2, 0) is 25.5 Å². The summed E-state index contributed by atoms with van der Waals surface area (Å²) in [5.74, 6) is -2.84. The summed E-state index contributed by atoms with van der Waals surface area (Å²) in [5.41, 5.74) is 1.81. The zero-order valence-corrected chi connectivity index (χ0v) is 16.6. The highest BCUT2D eigenvalue weighted by Crippen LogP contribution is 2.20. The van der Waals surface area contributed by atoms with Crippen LogP contribution in [0.4, 0.5) is 0 Å². The number of H-pyrrole nitrogens is 1. The van der Waals surface area contributed by atoms with Crippen molar-refractivity contribution < 1.29 is 19.1 Å². The summed E-state index contributed by atoms with van der Waals surface area (Å²) in [7, 11) is 1.27. The highest BCUT2D eigenvalue weighted by atomic mass is 32.1. The number of nitrogens with zero attached hydrogens (tertiary/aromatic N) is 2. The van der Waals surface area contributed by atoms with Gasteiger partial charge in [0.25, 0.3) is 0 Å². The van der Waals surface area contributed by atoms with Crippen molar-refractivity contribution in [2.75, 3.05) is 13.7 Å². The maximum Gasteiger partial charge on any atom is 0.330 e. The lowest BCUT2D eigenvalue weighted by molar-refractivity contribution is -0.142. The summed E-state index contributed by atoms with van der Waals surface area (Å²) in [5, 5.41) is 3.45. The van der Waals surface area contributed by atoms with Crippen molar-refractivity contribution in [2.45, 2.75) is 12.5 Å². The van der Waals surface area contributed by atoms with Crippen molar-refractivity contribution in [1.29, 1.82) is 0 Å². The molecular weight excluding hydrogens is 392 g/mol. The fourth-order valence-corrected chi connectivity index (χ4v) is 3.36. The van der Waals surface area contributed by atoms with E-state index >= 15 is 0 Å². The summed E-state index contributed by atoms with van der Waals surface area (Å²) in [6.07, 6.45) is 4.75. The number of rotatable bonds is 7. The number of carbonyl (C=O) groups is 3. The number of para-hydroxylation sites is 1. The van der Waals surface area contributed by atoms with Crippen LogP contribution in [0.3, 0.4) is 0 Å². The molecule has 9 heteroatoms. The van der Waals surface area contributed by atoms with E-state index in [2.05, 4.69) is 21.9 Å². The van der Waals surface area contributed by atoms with Crippen LogP contribution in [0.5, 0.6) is 0 Å². The van der Waals surface area contributed by atoms with E-state index in [1.54, 1.807) is 6.20 Å². The molecule has 29 heavy (non-hydrogen) atoms. The quantitative estimate of drug-likeness (QED) is 0.235. The van der Waals surface area contributed by atoms with Crippen molar-refractivity contribution in [3.05, 3.63) is 48.7 Å². The number of aromatic amines is 1. The van der Waals surface area contributed by atoms with Gasteiger partial charge in [-0.3, -0.25) is 19.5 Å². The van der Waals surface area contributed by atoms with Crippen LogP contribution in [0.25, 0.3) is 10.9 Å². The molecule has 2 amide bonds. The van der Waals surface area contributed by atoms with Crippen LogP contribution in [0.2, 0.25) is 0 Å². The fourth-order valence-electron chi connectivity index (χ4n) is 3.10. The topological polar surface area (TPSA) is 104 Å². The molecule has 150 valence electrons. The maximum atomic E-state index is 12.6. The minimum absolute atomic E-state index is 0.0212. The first kappa shape index (κ1) is 20.4. The third-order valence-corrected chi connectivity index (χ3v) is 4.90. The molecule has 1 aliphatic rings. The largest absolute Gasteiger partial charge is 0.467 e. The molecule has 1 aromatic carbocycles. The lowest BCUT2D eigenvalue weighted by atomic mass is 10.0. The molecule has 0 saturated carbocycles. The van der Waals surface area contributed by atoms with E-state index in [1.165, 1.54) is 24.3 Å². The number of amides is 2. The Kier molecular flexibility index (Phi) is 6.18. The summed E-state index contributed by atoms with van der Waals surface area (Å²) in [4.78, 5) is 45.7. The zero-order valence-electron chi connectivity index (χ0n) is 15.8. The highest BCUT2D eigenvalue weighted by Gasteiger charge is 2.37. The second kappa shape index (κ2) is 8.78. The third-order valence-electron chi connectivity index (χ3n) is 4.58. The number of benzene rings is 1. The van der Waals surface area contributed by atoms with Crippen LogP contribution in [0.15, 0.2) is 48.1 Å². The molecule has 2 heterocycles. The van der Waals surface area contributed by atoms with Crippen LogP contribution >= 0.6 is 12.2 Å². The molecule has 1 fully saturated rings. The van der Waals surface area contributed by atoms with Gasteiger partial charge >= 0.3 is 5.97 Å². The molecule has 1 unspecified atom stereocenters. The van der Waals surface area contributed by atoms with E-state index in [4.69, 9.17) is 17.0 Å². The van der Waals surface area contributed by atoms with Gasteiger partial charge in [-0.15, -0.1) is 6.58 Å². The second-order valence-electron chi connectivity index (χ2n) is 6.41. The van der Waals surface area contributed by atoms with E-state index in [1.807, 2.05) is 24.3 Å². The molecule has 0 bridgehead atoms. The fraction of sp³-hybridized carbons (Fsp3) is 0.250. The maximum absolute atomic E-state index is 12.6. The van der Waals surface area contributed by atoms with Gasteiger partial charge in [0.1, 0.15) is 0 Å². The van der Waals surface area contributed by atoms with Crippen molar-refractivity contribution in [1.82, 2.24) is 15.2 Å². The number of fused-ring (bicyclic) bond motifs is 1. The molecule has 1 aromatic heterocycles. The molecule has 2 atom stereocenters. The number of carbonyl (C=O) groups excluding carboxylic acids is 3. The lowest BCUT2D eigenvalue weighted by Gasteiger charge is -2.30. The van der Waals surface area contributed by atoms with Crippen molar-refractivity contribution in [3.63, 3.8) is 0 Å². The molecule has 2 N–H and O–H groups in total. The van der Waals surface area contributed by atoms with Gasteiger partial charge in [-0.25, -0.2) is 4.79 Å². The molecule has 1 aliphatic heterocycles. The van der Waals surface area contributed by atoms with Crippen LogP contribution in [0, 0.1) is 5.92 Å². The number of hydrogen-bond acceptors (Lipinski definition) is 6.